The number of aliphatic imine (C=N–C) groups is 1. The monoisotopic (exact) mass is 320 g/mol. The van der Waals surface area contributed by atoms with Gasteiger partial charge in [-0.2, -0.15) is 0 Å². The van der Waals surface area contributed by atoms with E-state index in [-0.39, 0.29) is 23.0 Å². The van der Waals surface area contributed by atoms with Crippen LogP contribution in [-0.2, 0) is 9.84 Å². The number of hydrogen-bond donors (Lipinski definition) is 0. The van der Waals surface area contributed by atoms with Crippen LogP contribution in [0.2, 0.25) is 0 Å². The molecule has 0 aromatic carbocycles. The largest absolute Gasteiger partial charge is 0.370 e. The highest BCUT2D eigenvalue weighted by Crippen LogP contribution is 2.49. The lowest BCUT2D eigenvalue weighted by atomic mass is 9.75. The van der Waals surface area contributed by atoms with Crippen molar-refractivity contribution in [1.82, 2.24) is 4.90 Å². The molecule has 0 radical (unpaired) electrons. The number of sulfone groups is 1. The molecule has 3 aliphatic rings. The lowest BCUT2D eigenvalue weighted by molar-refractivity contribution is 0.344. The van der Waals surface area contributed by atoms with Crippen LogP contribution in [0.25, 0.3) is 0 Å². The van der Waals surface area contributed by atoms with Crippen molar-refractivity contribution in [2.75, 3.05) is 18.6 Å². The number of fused-ring (bicyclic) bond motifs is 1. The molecule has 1 aliphatic carbocycles. The Bertz CT molecular complexity index is 671. The number of likely N-dealkylation sites (N-methyl/N-ethyl adjacent to an activating group) is 1. The summed E-state index contributed by atoms with van der Waals surface area (Å²) in [7, 11) is -0.738. The summed E-state index contributed by atoms with van der Waals surface area (Å²) >= 11 is 0. The van der Waals surface area contributed by atoms with Crippen molar-refractivity contribution in [3.05, 3.63) is 36.1 Å². The number of hydrogen-bond acceptors (Lipinski definition) is 4. The predicted molar refractivity (Wildman–Crippen MR) is 90.7 cm³/mol. The van der Waals surface area contributed by atoms with Crippen molar-refractivity contribution in [2.24, 2.45) is 16.3 Å². The fourth-order valence-corrected chi connectivity index (χ4v) is 5.52. The summed E-state index contributed by atoms with van der Waals surface area (Å²) in [6, 6.07) is 0.324. The van der Waals surface area contributed by atoms with E-state index in [2.05, 4.69) is 61.2 Å². The fourth-order valence-electron chi connectivity index (χ4n) is 3.88. The molecule has 22 heavy (non-hydrogen) atoms. The molecule has 0 aromatic heterocycles. The maximum Gasteiger partial charge on any atom is 0.152 e. The highest BCUT2D eigenvalue weighted by atomic mass is 32.2. The maximum atomic E-state index is 11.5. The van der Waals surface area contributed by atoms with Crippen LogP contribution in [0.5, 0.6) is 0 Å². The molecule has 2 saturated heterocycles. The fraction of sp³-hybridized carbons (Fsp3) is 0.588. The minimum absolute atomic E-state index is 0.0500. The van der Waals surface area contributed by atoms with Gasteiger partial charge in [0.05, 0.1) is 23.6 Å². The first-order valence-electron chi connectivity index (χ1n) is 7.83. The van der Waals surface area contributed by atoms with Crippen LogP contribution in [0.15, 0.2) is 41.1 Å². The minimum atomic E-state index is -2.86. The Balaban J connectivity index is 1.79. The number of nitrogens with zero attached hydrogens (tertiary/aromatic N) is 2. The molecule has 0 N–H and O–H groups in total. The van der Waals surface area contributed by atoms with Crippen molar-refractivity contribution >= 4 is 16.1 Å². The van der Waals surface area contributed by atoms with Gasteiger partial charge in [0.25, 0.3) is 0 Å². The zero-order chi connectivity index (χ0) is 16.0. The Morgan fingerprint density at radius 2 is 2.05 bits per heavy atom. The molecule has 2 fully saturated rings. The normalized spacial score (nSPS) is 37.3. The van der Waals surface area contributed by atoms with Crippen molar-refractivity contribution in [3.63, 3.8) is 0 Å². The molecular formula is C17H24N2O2S. The standard InChI is InChI=1S/C17H24N2O2S/c1-17(2)14-6-4-5-7-15(14)19(3)16(17)8-10-18-13-9-11-22(20,21)12-13/h4-8,10,13-15H,9,11-12H2,1-3H3/b16-8-,18-10?. The predicted octanol–water partition coefficient (Wildman–Crippen LogP) is 2.21. The molecule has 5 heteroatoms. The van der Waals surface area contributed by atoms with Crippen LogP contribution in [0.1, 0.15) is 20.3 Å². The van der Waals surface area contributed by atoms with E-state index in [9.17, 15) is 8.42 Å². The van der Waals surface area contributed by atoms with Crippen LogP contribution in [-0.4, -0.2) is 50.2 Å². The number of allylic oxidation sites excluding steroid dienone is 4. The number of likely N-dealkylation sites (tertiary alicyclic amines) is 1. The van der Waals surface area contributed by atoms with E-state index in [0.717, 1.165) is 0 Å². The molecule has 0 amide bonds. The first-order valence-corrected chi connectivity index (χ1v) is 9.65. The van der Waals surface area contributed by atoms with E-state index < -0.39 is 9.84 Å². The molecule has 2 aliphatic heterocycles. The first kappa shape index (κ1) is 15.5. The summed E-state index contributed by atoms with van der Waals surface area (Å²) < 4.78 is 22.9. The Labute approximate surface area is 133 Å². The Kier molecular flexibility index (Phi) is 3.79. The summed E-state index contributed by atoms with van der Waals surface area (Å²) in [5.74, 6) is 0.938. The van der Waals surface area contributed by atoms with Crippen LogP contribution >= 0.6 is 0 Å². The second kappa shape index (κ2) is 5.37. The van der Waals surface area contributed by atoms with Gasteiger partial charge in [0.1, 0.15) is 0 Å². The molecule has 0 aromatic rings. The molecule has 2 heterocycles. The van der Waals surface area contributed by atoms with Gasteiger partial charge < -0.3 is 4.90 Å². The third kappa shape index (κ3) is 2.67. The molecule has 3 rings (SSSR count). The van der Waals surface area contributed by atoms with Crippen LogP contribution in [0.4, 0.5) is 0 Å². The third-order valence-corrected chi connectivity index (χ3v) is 6.91. The Morgan fingerprint density at radius 1 is 1.32 bits per heavy atom. The molecule has 120 valence electrons. The van der Waals surface area contributed by atoms with Gasteiger partial charge in [-0.3, -0.25) is 4.99 Å². The minimum Gasteiger partial charge on any atom is -0.370 e. The van der Waals surface area contributed by atoms with Gasteiger partial charge in [-0.25, -0.2) is 8.42 Å². The smallest absolute Gasteiger partial charge is 0.152 e. The molecule has 3 atom stereocenters. The quantitative estimate of drug-likeness (QED) is 0.733. The first-order chi connectivity index (χ1) is 10.3. The summed E-state index contributed by atoms with van der Waals surface area (Å²) in [4.78, 5) is 6.76. The summed E-state index contributed by atoms with van der Waals surface area (Å²) in [6.45, 7) is 4.52. The van der Waals surface area contributed by atoms with Crippen molar-refractivity contribution < 1.29 is 8.42 Å². The van der Waals surface area contributed by atoms with E-state index in [1.54, 1.807) is 0 Å². The van der Waals surface area contributed by atoms with Gasteiger partial charge in [-0.15, -0.1) is 0 Å². The third-order valence-electron chi connectivity index (χ3n) is 5.16. The lowest BCUT2D eigenvalue weighted by Crippen LogP contribution is -2.27. The van der Waals surface area contributed by atoms with Gasteiger partial charge in [0.15, 0.2) is 9.84 Å². The Morgan fingerprint density at radius 3 is 2.68 bits per heavy atom. The van der Waals surface area contributed by atoms with Crippen LogP contribution in [0.3, 0.4) is 0 Å². The van der Waals surface area contributed by atoms with Gasteiger partial charge in [0, 0.05) is 30.3 Å². The summed E-state index contributed by atoms with van der Waals surface area (Å²) in [6.07, 6.45) is 13.3. The average Bonchev–Trinajstić information content (AvgIpc) is 2.90. The van der Waals surface area contributed by atoms with Crippen molar-refractivity contribution in [1.29, 1.82) is 0 Å². The summed E-state index contributed by atoms with van der Waals surface area (Å²) in [5.41, 5.74) is 1.30. The molecule has 3 unspecified atom stereocenters. The van der Waals surface area contributed by atoms with Gasteiger partial charge >= 0.3 is 0 Å². The molecule has 0 spiro atoms. The summed E-state index contributed by atoms with van der Waals surface area (Å²) in [5, 5.41) is 0. The van der Waals surface area contributed by atoms with Crippen molar-refractivity contribution in [2.45, 2.75) is 32.4 Å². The second-order valence-electron chi connectivity index (χ2n) is 7.03. The van der Waals surface area contributed by atoms with E-state index in [1.807, 2.05) is 6.21 Å². The van der Waals surface area contributed by atoms with E-state index >= 15 is 0 Å². The van der Waals surface area contributed by atoms with Crippen molar-refractivity contribution in [3.8, 4) is 0 Å². The molecule has 4 nitrogen and oxygen atoms in total. The second-order valence-corrected chi connectivity index (χ2v) is 9.25. The van der Waals surface area contributed by atoms with Gasteiger partial charge in [-0.05, 0) is 12.5 Å². The Hall–Kier alpha value is -1.36. The molecular weight excluding hydrogens is 296 g/mol. The maximum absolute atomic E-state index is 11.5. The lowest BCUT2D eigenvalue weighted by Gasteiger charge is -2.26. The SMILES string of the molecule is CN1/C(=C\C=NC2CCS(=O)(=O)C2)C(C)(C)C2C=CC=CC21. The van der Waals surface area contributed by atoms with Gasteiger partial charge in [0.2, 0.25) is 0 Å². The van der Waals surface area contributed by atoms with Crippen LogP contribution < -0.4 is 0 Å². The van der Waals surface area contributed by atoms with E-state index in [1.165, 1.54) is 5.70 Å². The highest BCUT2D eigenvalue weighted by molar-refractivity contribution is 7.91. The molecule has 0 bridgehead atoms. The van der Waals surface area contributed by atoms with E-state index in [0.29, 0.717) is 18.4 Å². The highest BCUT2D eigenvalue weighted by Gasteiger charge is 2.46. The topological polar surface area (TPSA) is 49.7 Å². The van der Waals surface area contributed by atoms with Crippen LogP contribution in [0, 0.1) is 11.3 Å². The zero-order valence-corrected chi connectivity index (χ0v) is 14.3. The number of rotatable bonds is 2. The van der Waals surface area contributed by atoms with Gasteiger partial charge in [-0.1, -0.05) is 38.2 Å². The average molecular weight is 320 g/mol. The zero-order valence-electron chi connectivity index (χ0n) is 13.4. The van der Waals surface area contributed by atoms with E-state index in [4.69, 9.17) is 0 Å². The molecule has 0 saturated carbocycles.